The number of hydrogen-bond acceptors (Lipinski definition) is 6. The molecule has 2 aromatic rings. The number of ether oxygens (including phenoxy) is 3. The van der Waals surface area contributed by atoms with E-state index < -0.39 is 0 Å². The normalized spacial score (nSPS) is 15.4. The molecule has 1 aliphatic heterocycles. The van der Waals surface area contributed by atoms with Gasteiger partial charge in [-0.2, -0.15) is 0 Å². The molecule has 1 unspecified atom stereocenters. The van der Waals surface area contributed by atoms with Gasteiger partial charge in [-0.05, 0) is 68.4 Å². The second-order valence-electron chi connectivity index (χ2n) is 7.50. The zero-order valence-electron chi connectivity index (χ0n) is 18.1. The van der Waals surface area contributed by atoms with E-state index in [0.717, 1.165) is 35.9 Å². The highest BCUT2D eigenvalue weighted by Crippen LogP contribution is 2.34. The molecule has 2 aromatic carbocycles. The Bertz CT molecular complexity index is 816. The predicted molar refractivity (Wildman–Crippen MR) is 118 cm³/mol. The number of ketones is 1. The van der Waals surface area contributed by atoms with Gasteiger partial charge in [-0.15, -0.1) is 0 Å². The van der Waals surface area contributed by atoms with E-state index in [-0.39, 0.29) is 18.4 Å². The summed E-state index contributed by atoms with van der Waals surface area (Å²) in [4.78, 5) is 15.1. The summed E-state index contributed by atoms with van der Waals surface area (Å²) in [5, 5.41) is 3.38. The van der Waals surface area contributed by atoms with E-state index >= 15 is 0 Å². The van der Waals surface area contributed by atoms with Gasteiger partial charge in [0, 0.05) is 17.7 Å². The van der Waals surface area contributed by atoms with Gasteiger partial charge in [-0.1, -0.05) is 6.42 Å². The average Bonchev–Trinajstić information content (AvgIpc) is 2.82. The summed E-state index contributed by atoms with van der Waals surface area (Å²) < 4.78 is 16.3. The molecule has 0 bridgehead atoms. The lowest BCUT2D eigenvalue weighted by molar-refractivity contribution is 0.0983. The minimum absolute atomic E-state index is 0.0626. The number of carbonyl (C=O) groups excluding carboxylic acids is 1. The van der Waals surface area contributed by atoms with Crippen LogP contribution in [0.4, 0.5) is 0 Å². The van der Waals surface area contributed by atoms with Crippen LogP contribution in [0.15, 0.2) is 42.5 Å². The summed E-state index contributed by atoms with van der Waals surface area (Å²) in [6.07, 6.45) is 3.64. The quantitative estimate of drug-likeness (QED) is 0.601. The Hall–Kier alpha value is -2.57. The fourth-order valence-electron chi connectivity index (χ4n) is 3.97. The van der Waals surface area contributed by atoms with E-state index in [9.17, 15) is 4.79 Å². The minimum atomic E-state index is 0.0626. The van der Waals surface area contributed by atoms with Crippen molar-refractivity contribution in [3.05, 3.63) is 53.6 Å². The van der Waals surface area contributed by atoms with Crippen molar-refractivity contribution in [2.45, 2.75) is 25.3 Å². The number of rotatable bonds is 10. The van der Waals surface area contributed by atoms with Crippen LogP contribution in [-0.2, 0) is 0 Å². The summed E-state index contributed by atoms with van der Waals surface area (Å²) in [6.45, 7) is 3.02. The van der Waals surface area contributed by atoms with E-state index in [2.05, 4.69) is 10.2 Å². The highest BCUT2D eigenvalue weighted by atomic mass is 16.5. The Labute approximate surface area is 179 Å². The van der Waals surface area contributed by atoms with Crippen molar-refractivity contribution in [3.8, 4) is 17.2 Å². The molecule has 1 atom stereocenters. The smallest absolute Gasteiger partial charge is 0.176 e. The Morgan fingerprint density at radius 3 is 2.23 bits per heavy atom. The maximum atomic E-state index is 12.6. The third-order valence-corrected chi connectivity index (χ3v) is 5.66. The highest BCUT2D eigenvalue weighted by molar-refractivity contribution is 5.97. The zero-order chi connectivity index (χ0) is 21.3. The van der Waals surface area contributed by atoms with Gasteiger partial charge >= 0.3 is 0 Å². The number of benzene rings is 2. The second kappa shape index (κ2) is 11.0. The van der Waals surface area contributed by atoms with Crippen LogP contribution in [-0.4, -0.2) is 58.2 Å². The number of piperidine rings is 1. The van der Waals surface area contributed by atoms with Crippen molar-refractivity contribution in [2.24, 2.45) is 0 Å². The van der Waals surface area contributed by atoms with Crippen molar-refractivity contribution in [2.75, 3.05) is 47.5 Å². The number of methoxy groups -OCH3 is 3. The average molecular weight is 413 g/mol. The van der Waals surface area contributed by atoms with Gasteiger partial charge in [-0.25, -0.2) is 0 Å². The molecule has 6 nitrogen and oxygen atoms in total. The van der Waals surface area contributed by atoms with Crippen molar-refractivity contribution >= 4 is 5.78 Å². The molecular weight excluding hydrogens is 380 g/mol. The lowest BCUT2D eigenvalue weighted by Crippen LogP contribution is -2.40. The molecule has 0 aromatic heterocycles. The molecule has 0 saturated carbocycles. The third kappa shape index (κ3) is 5.52. The van der Waals surface area contributed by atoms with Crippen LogP contribution in [0.2, 0.25) is 0 Å². The summed E-state index contributed by atoms with van der Waals surface area (Å²) >= 11 is 0. The molecule has 0 radical (unpaired) electrons. The van der Waals surface area contributed by atoms with E-state index in [1.54, 1.807) is 33.5 Å². The van der Waals surface area contributed by atoms with E-state index in [4.69, 9.17) is 14.2 Å². The van der Waals surface area contributed by atoms with Gasteiger partial charge in [0.05, 0.1) is 33.9 Å². The molecular formula is C24H32N2O4. The van der Waals surface area contributed by atoms with Gasteiger partial charge in [0.1, 0.15) is 17.2 Å². The van der Waals surface area contributed by atoms with Crippen molar-refractivity contribution in [1.82, 2.24) is 10.2 Å². The summed E-state index contributed by atoms with van der Waals surface area (Å²) in [5.41, 5.74) is 1.76. The molecule has 1 fully saturated rings. The minimum Gasteiger partial charge on any atom is -0.497 e. The van der Waals surface area contributed by atoms with Gasteiger partial charge in [0.2, 0.25) is 0 Å². The molecule has 1 N–H and O–H groups in total. The number of nitrogens with one attached hydrogen (secondary N) is 1. The number of carbonyl (C=O) groups is 1. The first-order valence-electron chi connectivity index (χ1n) is 10.5. The first-order chi connectivity index (χ1) is 14.7. The van der Waals surface area contributed by atoms with E-state index in [0.29, 0.717) is 12.1 Å². The van der Waals surface area contributed by atoms with E-state index in [1.807, 2.05) is 30.3 Å². The lowest BCUT2D eigenvalue weighted by atomic mass is 10.00. The summed E-state index contributed by atoms with van der Waals surface area (Å²) in [6, 6.07) is 13.2. The Morgan fingerprint density at radius 2 is 1.60 bits per heavy atom. The number of hydrogen-bond donors (Lipinski definition) is 1. The fourth-order valence-corrected chi connectivity index (χ4v) is 3.97. The van der Waals surface area contributed by atoms with Crippen LogP contribution < -0.4 is 19.5 Å². The third-order valence-electron chi connectivity index (χ3n) is 5.66. The van der Waals surface area contributed by atoms with Gasteiger partial charge in [0.25, 0.3) is 0 Å². The zero-order valence-corrected chi connectivity index (χ0v) is 18.1. The molecule has 0 amide bonds. The predicted octanol–water partition coefficient (Wildman–Crippen LogP) is 3.71. The van der Waals surface area contributed by atoms with Gasteiger partial charge < -0.3 is 19.5 Å². The largest absolute Gasteiger partial charge is 0.497 e. The highest BCUT2D eigenvalue weighted by Gasteiger charge is 2.25. The summed E-state index contributed by atoms with van der Waals surface area (Å²) in [7, 11) is 4.98. The van der Waals surface area contributed by atoms with Gasteiger partial charge in [-0.3, -0.25) is 9.69 Å². The topological polar surface area (TPSA) is 60.0 Å². The van der Waals surface area contributed by atoms with Crippen LogP contribution in [0, 0.1) is 0 Å². The Kier molecular flexibility index (Phi) is 8.11. The van der Waals surface area contributed by atoms with Crippen LogP contribution in [0.25, 0.3) is 0 Å². The number of Topliss-reactive ketones (excluding diaryl/α,β-unsaturated/α-hetero) is 1. The molecule has 6 heteroatoms. The Balaban J connectivity index is 1.72. The van der Waals surface area contributed by atoms with Crippen LogP contribution in [0.5, 0.6) is 17.2 Å². The van der Waals surface area contributed by atoms with E-state index in [1.165, 1.54) is 19.3 Å². The molecule has 0 aliphatic carbocycles. The molecule has 162 valence electrons. The first kappa shape index (κ1) is 22.1. The molecule has 0 spiro atoms. The molecule has 1 aliphatic rings. The van der Waals surface area contributed by atoms with Crippen LogP contribution in [0.3, 0.4) is 0 Å². The van der Waals surface area contributed by atoms with Crippen molar-refractivity contribution < 1.29 is 19.0 Å². The second-order valence-corrected chi connectivity index (χ2v) is 7.50. The number of nitrogens with zero attached hydrogens (tertiary/aromatic N) is 1. The Morgan fingerprint density at radius 1 is 0.933 bits per heavy atom. The lowest BCUT2D eigenvalue weighted by Gasteiger charge is -2.35. The maximum Gasteiger partial charge on any atom is 0.176 e. The SMILES string of the molecule is COc1ccc(C(=O)CNCC(c2cc(OC)ccc2OC)N2CCCCC2)cc1. The number of likely N-dealkylation sites (tertiary alicyclic amines) is 1. The van der Waals surface area contributed by atoms with Crippen LogP contribution >= 0.6 is 0 Å². The first-order valence-corrected chi connectivity index (χ1v) is 10.5. The van der Waals surface area contributed by atoms with Crippen molar-refractivity contribution in [1.29, 1.82) is 0 Å². The molecule has 1 saturated heterocycles. The van der Waals surface area contributed by atoms with Crippen molar-refractivity contribution in [3.63, 3.8) is 0 Å². The molecule has 30 heavy (non-hydrogen) atoms. The fraction of sp³-hybridized carbons (Fsp3) is 0.458. The molecule has 1 heterocycles. The molecule has 3 rings (SSSR count). The maximum absolute atomic E-state index is 12.6. The monoisotopic (exact) mass is 412 g/mol. The summed E-state index contributed by atoms with van der Waals surface area (Å²) in [5.74, 6) is 2.46. The van der Waals surface area contributed by atoms with Gasteiger partial charge in [0.15, 0.2) is 5.78 Å². The van der Waals surface area contributed by atoms with Crippen LogP contribution in [0.1, 0.15) is 41.2 Å². The standard InChI is InChI=1S/C24H32N2O4/c1-28-19-9-7-18(8-10-19)23(27)17-25-16-22(26-13-5-4-6-14-26)21-15-20(29-2)11-12-24(21)30-3/h7-12,15,22,25H,4-6,13-14,16-17H2,1-3H3.